The third-order valence-corrected chi connectivity index (χ3v) is 5.61. The second-order valence-corrected chi connectivity index (χ2v) is 7.64. The van der Waals surface area contributed by atoms with Gasteiger partial charge in [0.05, 0.1) is 24.4 Å². The number of nitrogens with zero attached hydrogens (tertiary/aromatic N) is 3. The van der Waals surface area contributed by atoms with Crippen molar-refractivity contribution in [1.82, 2.24) is 20.0 Å². The van der Waals surface area contributed by atoms with Crippen molar-refractivity contribution in [2.75, 3.05) is 19.7 Å². The fraction of sp³-hybridized carbons (Fsp3) is 0.476. The number of likely N-dealkylation sites (tertiary alicyclic amines) is 1. The lowest BCUT2D eigenvalue weighted by Crippen LogP contribution is -2.46. The molecule has 1 N–H and O–H groups in total. The smallest absolute Gasteiger partial charge is 0.409 e. The Balaban J connectivity index is 1.64. The summed E-state index contributed by atoms with van der Waals surface area (Å²) in [6.07, 6.45) is 1.12. The van der Waals surface area contributed by atoms with Crippen LogP contribution in [-0.4, -0.2) is 52.4 Å². The zero-order chi connectivity index (χ0) is 21.0. The Labute approximate surface area is 176 Å². The molecule has 2 aromatic rings. The van der Waals surface area contributed by atoms with Crippen LogP contribution in [0.5, 0.6) is 0 Å². The Morgan fingerprint density at radius 2 is 1.93 bits per heavy atom. The maximum Gasteiger partial charge on any atom is 0.409 e. The molecule has 0 unspecified atom stereocenters. The van der Waals surface area contributed by atoms with Crippen molar-refractivity contribution in [3.05, 3.63) is 51.8 Å². The molecule has 1 aromatic carbocycles. The molecule has 7 nitrogen and oxygen atoms in total. The number of carbonyl (C=O) groups excluding carboxylic acids is 2. The van der Waals surface area contributed by atoms with E-state index in [4.69, 9.17) is 16.3 Å². The first-order chi connectivity index (χ1) is 13.9. The highest BCUT2D eigenvalue weighted by Gasteiger charge is 2.27. The van der Waals surface area contributed by atoms with Crippen LogP contribution < -0.4 is 5.32 Å². The number of hydrogen-bond acceptors (Lipinski definition) is 4. The van der Waals surface area contributed by atoms with Gasteiger partial charge in [0.15, 0.2) is 0 Å². The average molecular weight is 419 g/mol. The lowest BCUT2D eigenvalue weighted by molar-refractivity contribution is 0.0859. The molecule has 1 fully saturated rings. The number of hydrogen-bond donors (Lipinski definition) is 1. The van der Waals surface area contributed by atoms with Crippen LogP contribution in [0.1, 0.15) is 47.1 Å². The van der Waals surface area contributed by atoms with Crippen molar-refractivity contribution >= 4 is 23.6 Å². The molecular weight excluding hydrogens is 392 g/mol. The third kappa shape index (κ3) is 4.90. The number of halogens is 1. The van der Waals surface area contributed by atoms with Crippen LogP contribution in [0, 0.1) is 13.8 Å². The summed E-state index contributed by atoms with van der Waals surface area (Å²) >= 11 is 6.26. The van der Waals surface area contributed by atoms with Gasteiger partial charge in [-0.15, -0.1) is 0 Å². The maximum absolute atomic E-state index is 12.9. The summed E-state index contributed by atoms with van der Waals surface area (Å²) in [5, 5.41) is 8.32. The van der Waals surface area contributed by atoms with E-state index in [1.165, 1.54) is 0 Å². The van der Waals surface area contributed by atoms with Crippen molar-refractivity contribution in [3.63, 3.8) is 0 Å². The minimum Gasteiger partial charge on any atom is -0.450 e. The molecule has 1 aliphatic heterocycles. The molecule has 1 aromatic heterocycles. The molecule has 8 heteroatoms. The number of benzene rings is 1. The van der Waals surface area contributed by atoms with Gasteiger partial charge in [-0.05, 0) is 45.2 Å². The lowest BCUT2D eigenvalue weighted by Gasteiger charge is -2.31. The Kier molecular flexibility index (Phi) is 6.79. The highest BCUT2D eigenvalue weighted by molar-refractivity contribution is 6.31. The predicted octanol–water partition coefficient (Wildman–Crippen LogP) is 3.55. The largest absolute Gasteiger partial charge is 0.450 e. The molecule has 3 rings (SSSR count). The number of carbonyl (C=O) groups is 2. The van der Waals surface area contributed by atoms with Gasteiger partial charge in [0.25, 0.3) is 5.91 Å². The first-order valence-electron chi connectivity index (χ1n) is 9.90. The molecule has 1 saturated heterocycles. The topological polar surface area (TPSA) is 76.5 Å². The number of nitrogens with one attached hydrogen (secondary N) is 1. The van der Waals surface area contributed by atoms with Crippen molar-refractivity contribution < 1.29 is 14.3 Å². The average Bonchev–Trinajstić information content (AvgIpc) is 2.97. The molecule has 156 valence electrons. The minimum absolute atomic E-state index is 0.0268. The second-order valence-electron chi connectivity index (χ2n) is 7.23. The summed E-state index contributed by atoms with van der Waals surface area (Å²) in [6, 6.07) is 7.65. The highest BCUT2D eigenvalue weighted by Crippen LogP contribution is 2.20. The quantitative estimate of drug-likeness (QED) is 0.805. The van der Waals surface area contributed by atoms with Crippen LogP contribution in [0.2, 0.25) is 5.02 Å². The van der Waals surface area contributed by atoms with Crippen molar-refractivity contribution in [3.8, 4) is 0 Å². The van der Waals surface area contributed by atoms with Gasteiger partial charge in [-0.2, -0.15) is 5.10 Å². The first kappa shape index (κ1) is 21.2. The van der Waals surface area contributed by atoms with Crippen LogP contribution in [-0.2, 0) is 11.3 Å². The van der Waals surface area contributed by atoms with E-state index in [9.17, 15) is 9.59 Å². The predicted molar refractivity (Wildman–Crippen MR) is 111 cm³/mol. The summed E-state index contributed by atoms with van der Waals surface area (Å²) in [5.74, 6) is -0.125. The fourth-order valence-electron chi connectivity index (χ4n) is 3.65. The van der Waals surface area contributed by atoms with E-state index >= 15 is 0 Å². The number of aryl methyl sites for hydroxylation is 1. The summed E-state index contributed by atoms with van der Waals surface area (Å²) in [5.41, 5.74) is 3.06. The number of piperidine rings is 1. The Bertz CT molecular complexity index is 888. The van der Waals surface area contributed by atoms with Crippen molar-refractivity contribution in [2.24, 2.45) is 0 Å². The molecular formula is C21H27ClN4O3. The highest BCUT2D eigenvalue weighted by atomic mass is 35.5. The molecule has 0 bridgehead atoms. The summed E-state index contributed by atoms with van der Waals surface area (Å²) in [7, 11) is 0. The Hall–Kier alpha value is -2.54. The SMILES string of the molecule is CCOC(=O)N1CCC(NC(=O)c2c(C)nn(Cc3ccccc3Cl)c2C)CC1. The zero-order valence-corrected chi connectivity index (χ0v) is 17.8. The Morgan fingerprint density at radius 1 is 1.24 bits per heavy atom. The van der Waals surface area contributed by atoms with Gasteiger partial charge in [-0.3, -0.25) is 9.48 Å². The van der Waals surface area contributed by atoms with E-state index in [0.29, 0.717) is 55.4 Å². The maximum atomic E-state index is 12.9. The first-order valence-corrected chi connectivity index (χ1v) is 10.3. The molecule has 0 radical (unpaired) electrons. The third-order valence-electron chi connectivity index (χ3n) is 5.24. The summed E-state index contributed by atoms with van der Waals surface area (Å²) < 4.78 is 6.85. The van der Waals surface area contributed by atoms with Gasteiger partial charge in [0.2, 0.25) is 0 Å². The minimum atomic E-state index is -0.287. The number of aromatic nitrogens is 2. The van der Waals surface area contributed by atoms with Crippen LogP contribution in [0.25, 0.3) is 0 Å². The summed E-state index contributed by atoms with van der Waals surface area (Å²) in [6.45, 7) is 7.57. The van der Waals surface area contributed by atoms with Crippen LogP contribution in [0.3, 0.4) is 0 Å². The number of ether oxygens (including phenoxy) is 1. The van der Waals surface area contributed by atoms with Gasteiger partial charge < -0.3 is 15.0 Å². The van der Waals surface area contributed by atoms with Gasteiger partial charge >= 0.3 is 6.09 Å². The van der Waals surface area contributed by atoms with Gasteiger partial charge in [0, 0.05) is 29.8 Å². The van der Waals surface area contributed by atoms with Crippen molar-refractivity contribution in [1.29, 1.82) is 0 Å². The second kappa shape index (κ2) is 9.31. The van der Waals surface area contributed by atoms with Crippen molar-refractivity contribution in [2.45, 2.75) is 46.2 Å². The Morgan fingerprint density at radius 3 is 2.59 bits per heavy atom. The molecule has 0 saturated carbocycles. The number of rotatable bonds is 5. The molecule has 0 atom stereocenters. The van der Waals surface area contributed by atoms with Gasteiger partial charge in [0.1, 0.15) is 0 Å². The normalized spacial score (nSPS) is 14.7. The van der Waals surface area contributed by atoms with E-state index in [-0.39, 0.29) is 18.0 Å². The lowest BCUT2D eigenvalue weighted by atomic mass is 10.0. The zero-order valence-electron chi connectivity index (χ0n) is 17.1. The van der Waals surface area contributed by atoms with Gasteiger partial charge in [-0.1, -0.05) is 29.8 Å². The number of amides is 2. The van der Waals surface area contributed by atoms with E-state index in [1.807, 2.05) is 42.8 Å². The van der Waals surface area contributed by atoms with Crippen LogP contribution >= 0.6 is 11.6 Å². The molecule has 2 heterocycles. The molecule has 0 aliphatic carbocycles. The molecule has 2 amide bonds. The van der Waals surface area contributed by atoms with E-state index in [0.717, 1.165) is 11.3 Å². The standard InChI is InChI=1S/C21H27ClN4O3/c1-4-29-21(28)25-11-9-17(10-12-25)23-20(27)19-14(2)24-26(15(19)3)13-16-7-5-6-8-18(16)22/h5-8,17H,4,9-13H2,1-3H3,(H,23,27). The van der Waals surface area contributed by atoms with E-state index in [2.05, 4.69) is 10.4 Å². The van der Waals surface area contributed by atoms with Crippen LogP contribution in [0.4, 0.5) is 4.79 Å². The molecule has 29 heavy (non-hydrogen) atoms. The fourth-order valence-corrected chi connectivity index (χ4v) is 3.84. The monoisotopic (exact) mass is 418 g/mol. The molecule has 0 spiro atoms. The van der Waals surface area contributed by atoms with Gasteiger partial charge in [-0.25, -0.2) is 4.79 Å². The van der Waals surface area contributed by atoms with Crippen LogP contribution in [0.15, 0.2) is 24.3 Å². The molecule has 1 aliphatic rings. The van der Waals surface area contributed by atoms with E-state index in [1.54, 1.807) is 11.8 Å². The summed E-state index contributed by atoms with van der Waals surface area (Å²) in [4.78, 5) is 26.4. The van der Waals surface area contributed by atoms with E-state index < -0.39 is 0 Å².